The molecule has 0 aliphatic rings. The maximum atomic E-state index is 13.0. The van der Waals surface area contributed by atoms with Gasteiger partial charge in [0.1, 0.15) is 0 Å². The number of pyridine rings is 1. The third-order valence-corrected chi connectivity index (χ3v) is 5.41. The van der Waals surface area contributed by atoms with E-state index in [0.717, 1.165) is 40.9 Å². The zero-order chi connectivity index (χ0) is 20.9. The van der Waals surface area contributed by atoms with Crippen molar-refractivity contribution in [1.29, 1.82) is 0 Å². The molecule has 5 heteroatoms. The Morgan fingerprint density at radius 3 is 2.27 bits per heavy atom. The van der Waals surface area contributed by atoms with Gasteiger partial charge in [0.05, 0.1) is 16.9 Å². The van der Waals surface area contributed by atoms with Gasteiger partial charge in [-0.3, -0.25) is 9.59 Å². The van der Waals surface area contributed by atoms with Crippen molar-refractivity contribution in [2.24, 2.45) is 0 Å². The second kappa shape index (κ2) is 8.82. The minimum Gasteiger partial charge on any atom is -0.397 e. The van der Waals surface area contributed by atoms with Gasteiger partial charge >= 0.3 is 0 Å². The van der Waals surface area contributed by atoms with E-state index in [4.69, 9.17) is 5.73 Å². The van der Waals surface area contributed by atoms with Gasteiger partial charge in [-0.1, -0.05) is 55.0 Å². The zero-order valence-corrected chi connectivity index (χ0v) is 16.8. The standard InChI is InChI=1S/C25H25N3O2/c26-21-13-6-7-14-22(21)27-24(29)16-2-1-9-17-28-23-15-8-5-11-19(23)18-10-3-4-12-20(18)25(28)30/h3-8,10-15H,1-2,9,16-17,26H2,(H,27,29). The Labute approximate surface area is 175 Å². The highest BCUT2D eigenvalue weighted by Crippen LogP contribution is 2.23. The lowest BCUT2D eigenvalue weighted by molar-refractivity contribution is -0.116. The number of aromatic nitrogens is 1. The number of nitrogens with one attached hydrogen (secondary N) is 1. The largest absolute Gasteiger partial charge is 0.397 e. The number of nitrogens with two attached hydrogens (primary N) is 1. The molecule has 3 aromatic carbocycles. The van der Waals surface area contributed by atoms with Gasteiger partial charge in [0.25, 0.3) is 5.56 Å². The van der Waals surface area contributed by atoms with E-state index < -0.39 is 0 Å². The summed E-state index contributed by atoms with van der Waals surface area (Å²) in [5, 5.41) is 5.68. The molecule has 4 rings (SSSR count). The number of anilines is 2. The van der Waals surface area contributed by atoms with Gasteiger partial charge in [0.15, 0.2) is 0 Å². The highest BCUT2D eigenvalue weighted by Gasteiger charge is 2.10. The summed E-state index contributed by atoms with van der Waals surface area (Å²) in [6, 6.07) is 23.0. The SMILES string of the molecule is Nc1ccccc1NC(=O)CCCCCn1c(=O)c2ccccc2c2ccccc21. The smallest absolute Gasteiger partial charge is 0.258 e. The van der Waals surface area contributed by atoms with Crippen molar-refractivity contribution in [2.75, 3.05) is 11.1 Å². The molecule has 0 aliphatic heterocycles. The summed E-state index contributed by atoms with van der Waals surface area (Å²) in [5.74, 6) is -0.0405. The Bertz CT molecular complexity index is 1260. The van der Waals surface area contributed by atoms with Crippen molar-refractivity contribution >= 4 is 39.0 Å². The molecule has 30 heavy (non-hydrogen) atoms. The van der Waals surface area contributed by atoms with E-state index in [2.05, 4.69) is 11.4 Å². The second-order valence-electron chi connectivity index (χ2n) is 7.47. The minimum absolute atomic E-state index is 0.0405. The van der Waals surface area contributed by atoms with Crippen LogP contribution in [0.4, 0.5) is 11.4 Å². The first-order valence-electron chi connectivity index (χ1n) is 10.3. The third kappa shape index (κ3) is 4.06. The van der Waals surface area contributed by atoms with Crippen LogP contribution in [-0.4, -0.2) is 10.5 Å². The van der Waals surface area contributed by atoms with Gasteiger partial charge in [-0.2, -0.15) is 0 Å². The van der Waals surface area contributed by atoms with Crippen LogP contribution < -0.4 is 16.6 Å². The molecule has 152 valence electrons. The molecule has 0 atom stereocenters. The average Bonchev–Trinajstić information content (AvgIpc) is 2.77. The second-order valence-corrected chi connectivity index (χ2v) is 7.47. The Balaban J connectivity index is 1.39. The number of para-hydroxylation sites is 3. The lowest BCUT2D eigenvalue weighted by atomic mass is 10.1. The number of nitrogens with zero attached hydrogens (tertiary/aromatic N) is 1. The topological polar surface area (TPSA) is 77.1 Å². The van der Waals surface area contributed by atoms with Gasteiger partial charge in [0, 0.05) is 23.7 Å². The van der Waals surface area contributed by atoms with Gasteiger partial charge in [-0.25, -0.2) is 0 Å². The van der Waals surface area contributed by atoms with Crippen LogP contribution >= 0.6 is 0 Å². The summed E-state index contributed by atoms with van der Waals surface area (Å²) in [6.07, 6.45) is 2.90. The number of amides is 1. The molecule has 5 nitrogen and oxygen atoms in total. The third-order valence-electron chi connectivity index (χ3n) is 5.41. The molecule has 1 amide bonds. The molecule has 0 aliphatic carbocycles. The number of rotatable bonds is 7. The van der Waals surface area contributed by atoms with Crippen LogP contribution in [0.1, 0.15) is 25.7 Å². The lowest BCUT2D eigenvalue weighted by Gasteiger charge is -2.13. The number of fused-ring (bicyclic) bond motifs is 3. The monoisotopic (exact) mass is 399 g/mol. The molecule has 0 spiro atoms. The first-order valence-corrected chi connectivity index (χ1v) is 10.3. The van der Waals surface area contributed by atoms with Crippen LogP contribution in [-0.2, 0) is 11.3 Å². The fraction of sp³-hybridized carbons (Fsp3) is 0.200. The summed E-state index contributed by atoms with van der Waals surface area (Å²) in [4.78, 5) is 25.2. The van der Waals surface area contributed by atoms with Crippen LogP contribution in [0.3, 0.4) is 0 Å². The molecule has 3 N–H and O–H groups in total. The van der Waals surface area contributed by atoms with Crippen LogP contribution in [0.15, 0.2) is 77.6 Å². The zero-order valence-electron chi connectivity index (χ0n) is 16.8. The molecule has 0 saturated heterocycles. The maximum absolute atomic E-state index is 13.0. The van der Waals surface area contributed by atoms with Crippen molar-refractivity contribution in [3.8, 4) is 0 Å². The summed E-state index contributed by atoms with van der Waals surface area (Å²) < 4.78 is 1.86. The number of unbranched alkanes of at least 4 members (excludes halogenated alkanes) is 2. The first-order chi connectivity index (χ1) is 14.6. The maximum Gasteiger partial charge on any atom is 0.258 e. The Kier molecular flexibility index (Phi) is 5.80. The van der Waals surface area contributed by atoms with Gasteiger partial charge in [-0.05, 0) is 42.5 Å². The summed E-state index contributed by atoms with van der Waals surface area (Å²) in [5.41, 5.74) is 8.07. The minimum atomic E-state index is -0.0405. The van der Waals surface area contributed by atoms with Crippen molar-refractivity contribution in [3.63, 3.8) is 0 Å². The van der Waals surface area contributed by atoms with E-state index in [1.54, 1.807) is 12.1 Å². The summed E-state index contributed by atoms with van der Waals surface area (Å²) in [6.45, 7) is 0.636. The van der Waals surface area contributed by atoms with Gasteiger partial charge in [-0.15, -0.1) is 0 Å². The number of hydrogen-bond donors (Lipinski definition) is 2. The molecule has 1 heterocycles. The highest BCUT2D eigenvalue weighted by molar-refractivity contribution is 6.05. The number of carbonyl (C=O) groups is 1. The van der Waals surface area contributed by atoms with Crippen LogP contribution in [0.5, 0.6) is 0 Å². The molecule has 4 aromatic rings. The fourth-order valence-electron chi connectivity index (χ4n) is 3.87. The Morgan fingerprint density at radius 1 is 0.800 bits per heavy atom. The normalized spacial score (nSPS) is 11.1. The van der Waals surface area contributed by atoms with Crippen LogP contribution in [0, 0.1) is 0 Å². The van der Waals surface area contributed by atoms with E-state index in [-0.39, 0.29) is 11.5 Å². The van der Waals surface area contributed by atoms with Crippen LogP contribution in [0.25, 0.3) is 21.7 Å². The fourth-order valence-corrected chi connectivity index (χ4v) is 3.87. The molecule has 0 fully saturated rings. The van der Waals surface area contributed by atoms with Gasteiger partial charge < -0.3 is 15.6 Å². The molecule has 0 bridgehead atoms. The molecule has 0 unspecified atom stereocenters. The average molecular weight is 399 g/mol. The number of carbonyl (C=O) groups excluding carboxylic acids is 1. The Hall–Kier alpha value is -3.60. The number of aryl methyl sites for hydroxylation is 1. The predicted octanol–water partition coefficient (Wildman–Crippen LogP) is 4.94. The van der Waals surface area contributed by atoms with Gasteiger partial charge in [0.2, 0.25) is 5.91 Å². The predicted molar refractivity (Wildman–Crippen MR) is 124 cm³/mol. The molecular formula is C25H25N3O2. The number of nitrogen functional groups attached to an aromatic ring is 1. The first kappa shape index (κ1) is 19.7. The highest BCUT2D eigenvalue weighted by atomic mass is 16.1. The summed E-state index contributed by atoms with van der Waals surface area (Å²) >= 11 is 0. The van der Waals surface area contributed by atoms with E-state index in [1.165, 1.54) is 0 Å². The molecule has 0 radical (unpaired) electrons. The van der Waals surface area contributed by atoms with Crippen molar-refractivity contribution in [2.45, 2.75) is 32.2 Å². The van der Waals surface area contributed by atoms with Crippen molar-refractivity contribution < 1.29 is 4.79 Å². The number of benzene rings is 3. The van der Waals surface area contributed by atoms with Crippen molar-refractivity contribution in [3.05, 3.63) is 83.2 Å². The molecular weight excluding hydrogens is 374 g/mol. The number of hydrogen-bond acceptors (Lipinski definition) is 3. The Morgan fingerprint density at radius 2 is 1.47 bits per heavy atom. The quantitative estimate of drug-likeness (QED) is 0.263. The van der Waals surface area contributed by atoms with Crippen molar-refractivity contribution in [1.82, 2.24) is 4.57 Å². The van der Waals surface area contributed by atoms with E-state index in [9.17, 15) is 9.59 Å². The van der Waals surface area contributed by atoms with E-state index in [0.29, 0.717) is 24.3 Å². The molecule has 1 aromatic heterocycles. The van der Waals surface area contributed by atoms with E-state index >= 15 is 0 Å². The summed E-state index contributed by atoms with van der Waals surface area (Å²) in [7, 11) is 0. The van der Waals surface area contributed by atoms with E-state index in [1.807, 2.05) is 59.2 Å². The molecule has 0 saturated carbocycles. The lowest BCUT2D eigenvalue weighted by Crippen LogP contribution is -2.21. The van der Waals surface area contributed by atoms with Crippen LogP contribution in [0.2, 0.25) is 0 Å².